The number of fused-ring (bicyclic) bond motifs is 1. The van der Waals surface area contributed by atoms with Gasteiger partial charge in [-0.3, -0.25) is 10.2 Å². The van der Waals surface area contributed by atoms with Crippen LogP contribution in [0, 0.1) is 5.92 Å². The van der Waals surface area contributed by atoms with Gasteiger partial charge in [0.25, 0.3) is 0 Å². The Balaban J connectivity index is 1.51. The topological polar surface area (TPSA) is 71.6 Å². The van der Waals surface area contributed by atoms with Gasteiger partial charge in [-0.1, -0.05) is 30.3 Å². The molecule has 142 valence electrons. The number of rotatable bonds is 5. The molecule has 2 aliphatic rings. The molecule has 0 saturated carbocycles. The fourth-order valence-corrected chi connectivity index (χ4v) is 4.09. The molecule has 1 aliphatic carbocycles. The molecule has 0 radical (unpaired) electrons. The Morgan fingerprint density at radius 3 is 2.74 bits per heavy atom. The van der Waals surface area contributed by atoms with Crippen molar-refractivity contribution in [3.63, 3.8) is 0 Å². The molecule has 6 heteroatoms. The zero-order chi connectivity index (χ0) is 18.8. The smallest absolute Gasteiger partial charge is 0.226 e. The van der Waals surface area contributed by atoms with Crippen LogP contribution in [0.4, 0.5) is 0 Å². The van der Waals surface area contributed by atoms with Crippen molar-refractivity contribution < 1.29 is 14.3 Å². The number of hydrogen-bond acceptors (Lipinski definition) is 5. The zero-order valence-electron chi connectivity index (χ0n) is 15.6. The Labute approximate surface area is 159 Å². The van der Waals surface area contributed by atoms with E-state index in [2.05, 4.69) is 34.4 Å². The van der Waals surface area contributed by atoms with Crippen LogP contribution >= 0.6 is 0 Å². The molecule has 1 amide bonds. The molecule has 6 nitrogen and oxygen atoms in total. The lowest BCUT2D eigenvalue weighted by atomic mass is 9.93. The van der Waals surface area contributed by atoms with Gasteiger partial charge in [-0.15, -0.1) is 0 Å². The normalized spacial score (nSPS) is 23.7. The lowest BCUT2D eigenvalue weighted by Gasteiger charge is -2.22. The van der Waals surface area contributed by atoms with Gasteiger partial charge in [-0.2, -0.15) is 0 Å². The zero-order valence-corrected chi connectivity index (χ0v) is 15.6. The summed E-state index contributed by atoms with van der Waals surface area (Å²) in [6, 6.07) is 14.1. The van der Waals surface area contributed by atoms with Gasteiger partial charge in [0.05, 0.1) is 32.2 Å². The lowest BCUT2D eigenvalue weighted by molar-refractivity contribution is -0.125. The fourth-order valence-electron chi connectivity index (χ4n) is 4.09. The number of amides is 1. The predicted molar refractivity (Wildman–Crippen MR) is 103 cm³/mol. The summed E-state index contributed by atoms with van der Waals surface area (Å²) in [5.41, 5.74) is 9.93. The van der Waals surface area contributed by atoms with Gasteiger partial charge >= 0.3 is 0 Å². The van der Waals surface area contributed by atoms with Crippen LogP contribution in [0.3, 0.4) is 0 Å². The second-order valence-electron chi connectivity index (χ2n) is 7.02. The quantitative estimate of drug-likeness (QED) is 0.756. The average molecular weight is 367 g/mol. The summed E-state index contributed by atoms with van der Waals surface area (Å²) in [6.07, 6.45) is 1.97. The Morgan fingerprint density at radius 1 is 1.11 bits per heavy atom. The van der Waals surface area contributed by atoms with Crippen molar-refractivity contribution in [2.75, 3.05) is 20.8 Å². The van der Waals surface area contributed by atoms with Crippen molar-refractivity contribution in [3.05, 3.63) is 59.2 Å². The SMILES string of the molecule is COc1ccc(C2NNCC2C(=O)NC2CCc3ccccc32)cc1OC. The van der Waals surface area contributed by atoms with E-state index >= 15 is 0 Å². The van der Waals surface area contributed by atoms with Gasteiger partial charge in [0.2, 0.25) is 5.91 Å². The minimum Gasteiger partial charge on any atom is -0.493 e. The lowest BCUT2D eigenvalue weighted by Crippen LogP contribution is -2.36. The summed E-state index contributed by atoms with van der Waals surface area (Å²) in [5.74, 6) is 1.20. The summed E-state index contributed by atoms with van der Waals surface area (Å²) in [5, 5.41) is 3.25. The second kappa shape index (κ2) is 7.58. The number of carbonyl (C=O) groups is 1. The standard InChI is InChI=1S/C21H25N3O3/c1-26-18-10-8-14(11-19(18)27-2)20-16(12-22-24-20)21(25)23-17-9-7-13-5-3-4-6-15(13)17/h3-6,8,10-11,16-17,20,22,24H,7,9,12H2,1-2H3,(H,23,25). The molecule has 1 fully saturated rings. The second-order valence-corrected chi connectivity index (χ2v) is 7.02. The summed E-state index contributed by atoms with van der Waals surface area (Å²) >= 11 is 0. The van der Waals surface area contributed by atoms with Crippen LogP contribution in [0.2, 0.25) is 0 Å². The molecule has 3 N–H and O–H groups in total. The van der Waals surface area contributed by atoms with Crippen molar-refractivity contribution in [2.45, 2.75) is 24.9 Å². The Hall–Kier alpha value is -2.57. The van der Waals surface area contributed by atoms with Gasteiger partial charge in [0, 0.05) is 6.54 Å². The molecule has 2 aromatic carbocycles. The highest BCUT2D eigenvalue weighted by Crippen LogP contribution is 2.35. The van der Waals surface area contributed by atoms with E-state index in [4.69, 9.17) is 9.47 Å². The maximum atomic E-state index is 13.0. The first-order valence-electron chi connectivity index (χ1n) is 9.29. The molecule has 27 heavy (non-hydrogen) atoms. The molecule has 3 atom stereocenters. The van der Waals surface area contributed by atoms with Gasteiger partial charge in [-0.25, -0.2) is 5.43 Å². The molecule has 4 rings (SSSR count). The summed E-state index contributed by atoms with van der Waals surface area (Å²) < 4.78 is 10.7. The minimum absolute atomic E-state index is 0.0639. The van der Waals surface area contributed by atoms with Crippen LogP contribution in [-0.4, -0.2) is 26.7 Å². The van der Waals surface area contributed by atoms with Crippen molar-refractivity contribution in [2.24, 2.45) is 5.92 Å². The van der Waals surface area contributed by atoms with Crippen molar-refractivity contribution >= 4 is 5.91 Å². The monoisotopic (exact) mass is 367 g/mol. The highest BCUT2D eigenvalue weighted by Gasteiger charge is 2.36. The Morgan fingerprint density at radius 2 is 1.93 bits per heavy atom. The van der Waals surface area contributed by atoms with E-state index < -0.39 is 0 Å². The van der Waals surface area contributed by atoms with Gasteiger partial charge in [0.15, 0.2) is 11.5 Å². The maximum absolute atomic E-state index is 13.0. The Kier molecular flexibility index (Phi) is 5.01. The number of nitrogens with one attached hydrogen (secondary N) is 3. The number of aryl methyl sites for hydroxylation is 1. The van der Waals surface area contributed by atoms with Crippen LogP contribution in [0.15, 0.2) is 42.5 Å². The van der Waals surface area contributed by atoms with Crippen LogP contribution in [0.1, 0.15) is 35.2 Å². The van der Waals surface area contributed by atoms with E-state index in [1.165, 1.54) is 11.1 Å². The first-order valence-corrected chi connectivity index (χ1v) is 9.29. The number of hydrogen-bond donors (Lipinski definition) is 3. The van der Waals surface area contributed by atoms with E-state index in [0.29, 0.717) is 18.0 Å². The van der Waals surface area contributed by atoms with Crippen molar-refractivity contribution in [3.8, 4) is 11.5 Å². The summed E-state index contributed by atoms with van der Waals surface area (Å²) in [4.78, 5) is 13.0. The number of carbonyl (C=O) groups excluding carboxylic acids is 1. The summed E-state index contributed by atoms with van der Waals surface area (Å²) in [7, 11) is 3.23. The highest BCUT2D eigenvalue weighted by molar-refractivity contribution is 5.81. The van der Waals surface area contributed by atoms with Gasteiger partial charge in [-0.05, 0) is 41.7 Å². The number of ether oxygens (including phenoxy) is 2. The van der Waals surface area contributed by atoms with E-state index in [-0.39, 0.29) is 23.9 Å². The molecule has 1 aliphatic heterocycles. The molecule has 2 aromatic rings. The molecule has 0 spiro atoms. The highest BCUT2D eigenvalue weighted by atomic mass is 16.5. The molecule has 0 bridgehead atoms. The molecular weight excluding hydrogens is 342 g/mol. The first-order chi connectivity index (χ1) is 13.2. The third-order valence-corrected chi connectivity index (χ3v) is 5.53. The molecule has 0 aromatic heterocycles. The molecule has 3 unspecified atom stereocenters. The van der Waals surface area contributed by atoms with Crippen molar-refractivity contribution in [1.82, 2.24) is 16.2 Å². The van der Waals surface area contributed by atoms with Crippen LogP contribution < -0.4 is 25.6 Å². The van der Waals surface area contributed by atoms with Gasteiger partial charge in [0.1, 0.15) is 0 Å². The van der Waals surface area contributed by atoms with Crippen LogP contribution in [0.25, 0.3) is 0 Å². The molecule has 1 heterocycles. The fraction of sp³-hybridized carbons (Fsp3) is 0.381. The Bertz CT molecular complexity index is 839. The van der Waals surface area contributed by atoms with Crippen LogP contribution in [0.5, 0.6) is 11.5 Å². The minimum atomic E-state index is -0.198. The molecular formula is C21H25N3O3. The van der Waals surface area contributed by atoms with Gasteiger partial charge < -0.3 is 14.8 Å². The summed E-state index contributed by atoms with van der Waals surface area (Å²) in [6.45, 7) is 0.583. The first kappa shape index (κ1) is 17.8. The number of benzene rings is 2. The van der Waals surface area contributed by atoms with E-state index in [1.807, 2.05) is 24.3 Å². The van der Waals surface area contributed by atoms with Crippen LogP contribution in [-0.2, 0) is 11.2 Å². The van der Waals surface area contributed by atoms with E-state index in [0.717, 1.165) is 18.4 Å². The predicted octanol–water partition coefficient (Wildman–Crippen LogP) is 2.27. The maximum Gasteiger partial charge on any atom is 0.226 e. The third kappa shape index (κ3) is 3.38. The van der Waals surface area contributed by atoms with E-state index in [9.17, 15) is 4.79 Å². The molecule has 1 saturated heterocycles. The largest absolute Gasteiger partial charge is 0.493 e. The number of methoxy groups -OCH3 is 2. The van der Waals surface area contributed by atoms with E-state index in [1.54, 1.807) is 14.2 Å². The third-order valence-electron chi connectivity index (χ3n) is 5.53. The average Bonchev–Trinajstić information content (AvgIpc) is 3.35. The van der Waals surface area contributed by atoms with Crippen molar-refractivity contribution in [1.29, 1.82) is 0 Å². The number of hydrazine groups is 1.